The van der Waals surface area contributed by atoms with Crippen molar-refractivity contribution in [3.63, 3.8) is 0 Å². The van der Waals surface area contributed by atoms with Crippen LogP contribution in [-0.2, 0) is 4.74 Å². The van der Waals surface area contributed by atoms with E-state index in [0.29, 0.717) is 33.3 Å². The van der Waals surface area contributed by atoms with Crippen LogP contribution < -0.4 is 9.71 Å². The van der Waals surface area contributed by atoms with Crippen molar-refractivity contribution in [1.29, 1.82) is 5.41 Å². The molecule has 2 aliphatic rings. The Bertz CT molecular complexity index is 1400. The summed E-state index contributed by atoms with van der Waals surface area (Å²) in [6, 6.07) is 15.2. The molecule has 1 N–H and O–H groups in total. The van der Waals surface area contributed by atoms with E-state index in [0.717, 1.165) is 43.7 Å². The summed E-state index contributed by atoms with van der Waals surface area (Å²) in [6.07, 6.45) is 6.82. The van der Waals surface area contributed by atoms with E-state index in [1.807, 2.05) is 42.5 Å². The van der Waals surface area contributed by atoms with Gasteiger partial charge < -0.3 is 0 Å². The third-order valence-corrected chi connectivity index (χ3v) is 9.09. The number of fused-ring (bicyclic) bond motifs is 2. The Morgan fingerprint density at radius 2 is 1.69 bits per heavy atom. The molecule has 35 heavy (non-hydrogen) atoms. The molecule has 1 aliphatic carbocycles. The molecule has 4 rings (SSSR count). The minimum absolute atomic E-state index is 0.324. The number of carbonyl (C=O) groups excluding carboxylic acids is 1. The second-order valence-electron chi connectivity index (χ2n) is 8.51. The van der Waals surface area contributed by atoms with E-state index in [1.54, 1.807) is 6.07 Å². The molecule has 0 fully saturated rings. The molecule has 0 spiro atoms. The SMILES string of the molecule is CCCCCCCCOC(=O)c1ccccc1-c1c2ccc(=N)c(Br)c-2oc2c(Br)c([As])ccc12. The molecule has 0 saturated carbocycles. The number of hydrogen-bond donors (Lipinski definition) is 1. The summed E-state index contributed by atoms with van der Waals surface area (Å²) in [4.78, 5) is 13.2. The van der Waals surface area contributed by atoms with Crippen molar-refractivity contribution >= 4 is 70.0 Å². The van der Waals surface area contributed by atoms with E-state index >= 15 is 0 Å². The predicted octanol–water partition coefficient (Wildman–Crippen LogP) is 7.52. The number of halogens is 2. The Morgan fingerprint density at radius 1 is 0.943 bits per heavy atom. The maximum absolute atomic E-state index is 13.2. The number of esters is 1. The first-order valence-electron chi connectivity index (χ1n) is 11.8. The standard InChI is InChI=1S/C28H26AsBr2NO3/c1-2-3-4-5-6-9-16-34-28(33)18-11-8-7-10-17(18)23-19-12-14-21(29)24(30)26(19)35-27-20(23)13-15-22(32)25(27)31/h7-8,10-15,32H,2-6,9,16H2,1H3. The van der Waals surface area contributed by atoms with E-state index < -0.39 is 0 Å². The van der Waals surface area contributed by atoms with Gasteiger partial charge in [0.05, 0.1) is 0 Å². The fourth-order valence-corrected chi connectivity index (χ4v) is 5.46. The Kier molecular flexibility index (Phi) is 8.91. The number of nitrogens with one attached hydrogen (secondary N) is 1. The van der Waals surface area contributed by atoms with Crippen LogP contribution in [-0.4, -0.2) is 29.4 Å². The zero-order chi connectivity index (χ0) is 24.9. The van der Waals surface area contributed by atoms with Gasteiger partial charge in [-0.1, -0.05) is 32.6 Å². The molecule has 0 saturated heterocycles. The van der Waals surface area contributed by atoms with Gasteiger partial charge in [0.25, 0.3) is 0 Å². The normalized spacial score (nSPS) is 11.3. The number of benzene rings is 3. The van der Waals surface area contributed by atoms with Crippen molar-refractivity contribution in [2.45, 2.75) is 45.4 Å². The van der Waals surface area contributed by atoms with Crippen LogP contribution in [0.2, 0.25) is 0 Å². The summed E-state index contributed by atoms with van der Waals surface area (Å²) in [5.74, 6) is 0.240. The molecule has 1 heterocycles. The second kappa shape index (κ2) is 11.9. The van der Waals surface area contributed by atoms with Gasteiger partial charge in [0, 0.05) is 0 Å². The van der Waals surface area contributed by atoms with Crippen LogP contribution in [0.1, 0.15) is 55.8 Å². The average Bonchev–Trinajstić information content (AvgIpc) is 2.87. The molecule has 2 aromatic rings. The van der Waals surface area contributed by atoms with Crippen molar-refractivity contribution < 1.29 is 13.9 Å². The molecule has 0 atom stereocenters. The van der Waals surface area contributed by atoms with Crippen molar-refractivity contribution in [3.05, 3.63) is 68.4 Å². The van der Waals surface area contributed by atoms with Crippen LogP contribution in [0.4, 0.5) is 0 Å². The molecule has 2 radical (unpaired) electrons. The molecule has 2 aromatic carbocycles. The first-order chi connectivity index (χ1) is 16.9. The fourth-order valence-electron chi connectivity index (χ4n) is 4.24. The quantitative estimate of drug-likeness (QED) is 0.0876. The summed E-state index contributed by atoms with van der Waals surface area (Å²) in [6.45, 7) is 2.62. The maximum atomic E-state index is 13.2. The molecule has 7 heteroatoms. The van der Waals surface area contributed by atoms with Crippen molar-refractivity contribution in [2.75, 3.05) is 6.61 Å². The summed E-state index contributed by atoms with van der Waals surface area (Å²) < 4.78 is 14.4. The van der Waals surface area contributed by atoms with Gasteiger partial charge in [0.1, 0.15) is 0 Å². The molecule has 1 aliphatic heterocycles. The van der Waals surface area contributed by atoms with Gasteiger partial charge in [-0.3, -0.25) is 0 Å². The van der Waals surface area contributed by atoms with Gasteiger partial charge >= 0.3 is 200 Å². The van der Waals surface area contributed by atoms with Crippen molar-refractivity contribution in [2.24, 2.45) is 0 Å². The second-order valence-corrected chi connectivity index (χ2v) is 11.1. The molecule has 0 amide bonds. The van der Waals surface area contributed by atoms with Crippen LogP contribution in [0, 0.1) is 5.41 Å². The molecule has 180 valence electrons. The van der Waals surface area contributed by atoms with E-state index in [9.17, 15) is 4.79 Å². The van der Waals surface area contributed by atoms with Crippen LogP contribution in [0.15, 0.2) is 61.9 Å². The number of ether oxygens (including phenoxy) is 1. The van der Waals surface area contributed by atoms with Crippen LogP contribution in [0.25, 0.3) is 33.4 Å². The van der Waals surface area contributed by atoms with Crippen molar-refractivity contribution in [3.8, 4) is 22.5 Å². The van der Waals surface area contributed by atoms with Gasteiger partial charge in [0.15, 0.2) is 0 Å². The summed E-state index contributed by atoms with van der Waals surface area (Å²) in [5.41, 5.74) is 3.66. The topological polar surface area (TPSA) is 63.3 Å². The number of hydrogen-bond acceptors (Lipinski definition) is 4. The van der Waals surface area contributed by atoms with Gasteiger partial charge in [-0.15, -0.1) is 0 Å². The molecular formula is C28H26AsBr2NO3. The molecule has 0 unspecified atom stereocenters. The Balaban J connectivity index is 1.77. The average molecular weight is 659 g/mol. The number of carbonyl (C=O) groups is 1. The molecular weight excluding hydrogens is 633 g/mol. The van der Waals surface area contributed by atoms with Crippen LogP contribution >= 0.6 is 31.9 Å². The number of rotatable bonds is 9. The third kappa shape index (κ3) is 5.60. The molecule has 4 nitrogen and oxygen atoms in total. The van der Waals surface area contributed by atoms with Gasteiger partial charge in [0.2, 0.25) is 0 Å². The Hall–Kier alpha value is -1.88. The first kappa shape index (κ1) is 26.2. The zero-order valence-electron chi connectivity index (χ0n) is 19.5. The van der Waals surface area contributed by atoms with E-state index in [2.05, 4.69) is 55.6 Å². The summed E-state index contributed by atoms with van der Waals surface area (Å²) >= 11 is 9.72. The Labute approximate surface area is 231 Å². The fraction of sp³-hybridized carbons (Fsp3) is 0.286. The molecule has 0 bridgehead atoms. The van der Waals surface area contributed by atoms with Crippen molar-refractivity contribution in [1.82, 2.24) is 0 Å². The minimum atomic E-state index is -0.324. The van der Waals surface area contributed by atoms with Crippen LogP contribution in [0.3, 0.4) is 0 Å². The summed E-state index contributed by atoms with van der Waals surface area (Å²) in [7, 11) is 0. The van der Waals surface area contributed by atoms with Crippen LogP contribution in [0.5, 0.6) is 0 Å². The molecule has 0 aromatic heterocycles. The predicted molar refractivity (Wildman–Crippen MR) is 149 cm³/mol. The monoisotopic (exact) mass is 657 g/mol. The third-order valence-electron chi connectivity index (χ3n) is 6.06. The van der Waals surface area contributed by atoms with E-state index in [4.69, 9.17) is 14.6 Å². The zero-order valence-corrected chi connectivity index (χ0v) is 24.5. The van der Waals surface area contributed by atoms with Gasteiger partial charge in [-0.25, -0.2) is 0 Å². The first-order valence-corrected chi connectivity index (χ1v) is 14.3. The van der Waals surface area contributed by atoms with Gasteiger partial charge in [-0.2, -0.15) is 0 Å². The van der Waals surface area contributed by atoms with E-state index in [-0.39, 0.29) is 5.97 Å². The van der Waals surface area contributed by atoms with E-state index in [1.165, 1.54) is 25.7 Å². The summed E-state index contributed by atoms with van der Waals surface area (Å²) in [5, 5.41) is 9.45. The van der Waals surface area contributed by atoms with Gasteiger partial charge in [-0.05, 0) is 0 Å². The number of unbranched alkanes of at least 4 members (excludes halogenated alkanes) is 5. The Morgan fingerprint density at radius 3 is 2.49 bits per heavy atom.